The summed E-state index contributed by atoms with van der Waals surface area (Å²) >= 11 is 0. The van der Waals surface area contributed by atoms with Crippen LogP contribution in [0.4, 0.5) is 0 Å². The number of carbonyl (C=O) groups is 1. The first kappa shape index (κ1) is 20.3. The van der Waals surface area contributed by atoms with Gasteiger partial charge in [-0.1, -0.05) is 54.6 Å². The third-order valence-corrected chi connectivity index (χ3v) is 5.29. The first-order valence-corrected chi connectivity index (χ1v) is 9.91. The number of rotatable bonds is 6. The molecule has 0 saturated heterocycles. The Labute approximate surface area is 180 Å². The third-order valence-electron chi connectivity index (χ3n) is 5.29. The van der Waals surface area contributed by atoms with Crippen molar-refractivity contribution in [1.29, 1.82) is 0 Å². The van der Waals surface area contributed by atoms with E-state index in [1.165, 1.54) is 0 Å². The summed E-state index contributed by atoms with van der Waals surface area (Å²) < 4.78 is 10.8. The molecule has 5 heteroatoms. The first-order valence-electron chi connectivity index (χ1n) is 9.91. The number of benzene rings is 4. The van der Waals surface area contributed by atoms with Crippen LogP contribution in [0, 0.1) is 0 Å². The zero-order chi connectivity index (χ0) is 21.8. The van der Waals surface area contributed by atoms with E-state index in [-0.39, 0.29) is 11.7 Å². The predicted octanol–water partition coefficient (Wildman–Crippen LogP) is 5.08. The Bertz CT molecular complexity index is 1220. The van der Waals surface area contributed by atoms with E-state index in [4.69, 9.17) is 9.47 Å². The second kappa shape index (κ2) is 8.79. The molecule has 0 aliphatic heterocycles. The van der Waals surface area contributed by atoms with Crippen LogP contribution in [0.2, 0.25) is 0 Å². The van der Waals surface area contributed by atoms with Crippen LogP contribution < -0.4 is 14.8 Å². The lowest BCUT2D eigenvalue weighted by atomic mass is 9.92. The topological polar surface area (TPSA) is 67.8 Å². The number of carbonyl (C=O) groups excluding carboxylic acids is 1. The largest absolute Gasteiger partial charge is 0.508 e. The number of hydrogen-bond acceptors (Lipinski definition) is 4. The molecular weight excluding hydrogens is 390 g/mol. The standard InChI is InChI=1S/C26H23NO4/c1-30-22-15-13-19(16-23(22)31-2)25(27-26(29)18-9-4-3-5-10-18)24-20-11-7-6-8-17(20)12-14-21(24)28/h3-16,25,28H,1-2H3,(H,27,29). The number of fused-ring (bicyclic) bond motifs is 1. The van der Waals surface area contributed by atoms with Crippen LogP contribution in [-0.4, -0.2) is 25.2 Å². The highest BCUT2D eigenvalue weighted by atomic mass is 16.5. The number of aromatic hydroxyl groups is 1. The van der Waals surface area contributed by atoms with Crippen LogP contribution in [0.3, 0.4) is 0 Å². The number of methoxy groups -OCH3 is 2. The van der Waals surface area contributed by atoms with E-state index in [1.54, 1.807) is 38.5 Å². The summed E-state index contributed by atoms with van der Waals surface area (Å²) in [7, 11) is 3.14. The molecule has 2 N–H and O–H groups in total. The highest BCUT2D eigenvalue weighted by Gasteiger charge is 2.24. The number of nitrogens with one attached hydrogen (secondary N) is 1. The Balaban J connectivity index is 1.88. The molecule has 1 amide bonds. The maximum atomic E-state index is 13.1. The van der Waals surface area contributed by atoms with Gasteiger partial charge in [0, 0.05) is 11.1 Å². The van der Waals surface area contributed by atoms with Crippen LogP contribution >= 0.6 is 0 Å². The molecule has 4 rings (SSSR count). The molecule has 0 aliphatic carbocycles. The molecule has 0 radical (unpaired) electrons. The van der Waals surface area contributed by atoms with Crippen LogP contribution in [0.1, 0.15) is 27.5 Å². The summed E-state index contributed by atoms with van der Waals surface area (Å²) in [5.74, 6) is 0.986. The number of hydrogen-bond donors (Lipinski definition) is 2. The van der Waals surface area contributed by atoms with Gasteiger partial charge in [-0.2, -0.15) is 0 Å². The van der Waals surface area contributed by atoms with Gasteiger partial charge in [0.25, 0.3) is 5.91 Å². The minimum absolute atomic E-state index is 0.104. The van der Waals surface area contributed by atoms with E-state index in [0.717, 1.165) is 16.3 Å². The van der Waals surface area contributed by atoms with E-state index in [1.807, 2.05) is 60.7 Å². The molecule has 0 heterocycles. The van der Waals surface area contributed by atoms with Crippen molar-refractivity contribution >= 4 is 16.7 Å². The van der Waals surface area contributed by atoms with Gasteiger partial charge in [0.2, 0.25) is 0 Å². The monoisotopic (exact) mass is 413 g/mol. The van der Waals surface area contributed by atoms with Crippen LogP contribution in [0.25, 0.3) is 10.8 Å². The molecule has 0 saturated carbocycles. The summed E-state index contributed by atoms with van der Waals surface area (Å²) in [6.45, 7) is 0. The van der Waals surface area contributed by atoms with Crippen LogP contribution in [0.15, 0.2) is 84.9 Å². The number of ether oxygens (including phenoxy) is 2. The minimum Gasteiger partial charge on any atom is -0.508 e. The first-order chi connectivity index (χ1) is 15.1. The van der Waals surface area contributed by atoms with Gasteiger partial charge in [0.1, 0.15) is 5.75 Å². The lowest BCUT2D eigenvalue weighted by molar-refractivity contribution is 0.0943. The van der Waals surface area contributed by atoms with E-state index >= 15 is 0 Å². The lowest BCUT2D eigenvalue weighted by Crippen LogP contribution is -2.29. The fourth-order valence-electron chi connectivity index (χ4n) is 3.75. The van der Waals surface area contributed by atoms with Gasteiger partial charge in [-0.25, -0.2) is 0 Å². The quantitative estimate of drug-likeness (QED) is 0.462. The fourth-order valence-corrected chi connectivity index (χ4v) is 3.75. The van der Waals surface area contributed by atoms with Crippen molar-refractivity contribution in [3.63, 3.8) is 0 Å². The Morgan fingerprint density at radius 1 is 0.839 bits per heavy atom. The maximum absolute atomic E-state index is 13.1. The molecule has 31 heavy (non-hydrogen) atoms. The zero-order valence-corrected chi connectivity index (χ0v) is 17.3. The molecule has 4 aromatic rings. The zero-order valence-electron chi connectivity index (χ0n) is 17.3. The molecular formula is C26H23NO4. The normalized spacial score (nSPS) is 11.7. The van der Waals surface area contributed by atoms with Crippen molar-refractivity contribution in [3.05, 3.63) is 102 Å². The Morgan fingerprint density at radius 3 is 2.29 bits per heavy atom. The van der Waals surface area contributed by atoms with Gasteiger partial charge >= 0.3 is 0 Å². The van der Waals surface area contributed by atoms with Crippen molar-refractivity contribution in [3.8, 4) is 17.2 Å². The van der Waals surface area contributed by atoms with Gasteiger partial charge < -0.3 is 19.9 Å². The van der Waals surface area contributed by atoms with Gasteiger partial charge in [0.15, 0.2) is 11.5 Å². The molecule has 156 valence electrons. The van der Waals surface area contributed by atoms with E-state index < -0.39 is 6.04 Å². The third kappa shape index (κ3) is 4.03. The highest BCUT2D eigenvalue weighted by molar-refractivity contribution is 5.96. The molecule has 1 atom stereocenters. The van der Waals surface area contributed by atoms with Gasteiger partial charge in [-0.3, -0.25) is 4.79 Å². The average Bonchev–Trinajstić information content (AvgIpc) is 2.83. The number of phenolic OH excluding ortho intramolecular Hbond substituents is 1. The minimum atomic E-state index is -0.612. The smallest absolute Gasteiger partial charge is 0.252 e. The van der Waals surface area contributed by atoms with Crippen molar-refractivity contribution in [2.75, 3.05) is 14.2 Å². The van der Waals surface area contributed by atoms with Crippen molar-refractivity contribution in [1.82, 2.24) is 5.32 Å². The molecule has 0 spiro atoms. The van der Waals surface area contributed by atoms with Crippen molar-refractivity contribution in [2.45, 2.75) is 6.04 Å². The predicted molar refractivity (Wildman–Crippen MR) is 121 cm³/mol. The summed E-state index contributed by atoms with van der Waals surface area (Å²) in [5, 5.41) is 15.8. The van der Waals surface area contributed by atoms with Gasteiger partial charge in [0.05, 0.1) is 20.3 Å². The van der Waals surface area contributed by atoms with Gasteiger partial charge in [-0.05, 0) is 46.7 Å². The number of phenols is 1. The van der Waals surface area contributed by atoms with Gasteiger partial charge in [-0.15, -0.1) is 0 Å². The molecule has 0 aromatic heterocycles. The number of amides is 1. The van der Waals surface area contributed by atoms with E-state index in [9.17, 15) is 9.90 Å². The Hall–Kier alpha value is -3.99. The molecule has 0 bridgehead atoms. The fraction of sp³-hybridized carbons (Fsp3) is 0.115. The lowest BCUT2D eigenvalue weighted by Gasteiger charge is -2.23. The van der Waals surface area contributed by atoms with Crippen molar-refractivity contribution in [2.24, 2.45) is 0 Å². The SMILES string of the molecule is COc1ccc(C(NC(=O)c2ccccc2)c2c(O)ccc3ccccc23)cc1OC. The second-order valence-corrected chi connectivity index (χ2v) is 7.11. The van der Waals surface area contributed by atoms with E-state index in [2.05, 4.69) is 5.32 Å². The second-order valence-electron chi connectivity index (χ2n) is 7.11. The van der Waals surface area contributed by atoms with Crippen molar-refractivity contribution < 1.29 is 19.4 Å². The van der Waals surface area contributed by atoms with E-state index in [0.29, 0.717) is 22.6 Å². The average molecular weight is 413 g/mol. The highest BCUT2D eigenvalue weighted by Crippen LogP contribution is 2.38. The molecule has 4 aromatic carbocycles. The molecule has 0 aliphatic rings. The summed E-state index contributed by atoms with van der Waals surface area (Å²) in [6.07, 6.45) is 0. The Kier molecular flexibility index (Phi) is 5.76. The molecule has 0 fully saturated rings. The molecule has 1 unspecified atom stereocenters. The van der Waals surface area contributed by atoms with Crippen LogP contribution in [0.5, 0.6) is 17.2 Å². The maximum Gasteiger partial charge on any atom is 0.252 e. The Morgan fingerprint density at radius 2 is 1.55 bits per heavy atom. The summed E-state index contributed by atoms with van der Waals surface area (Å²) in [4.78, 5) is 13.1. The summed E-state index contributed by atoms with van der Waals surface area (Å²) in [5.41, 5.74) is 1.91. The molecule has 5 nitrogen and oxygen atoms in total. The summed E-state index contributed by atoms with van der Waals surface area (Å²) in [6, 6.07) is 25.1. The van der Waals surface area contributed by atoms with Crippen LogP contribution in [-0.2, 0) is 0 Å².